The fraction of sp³-hybridized carbons (Fsp3) is 0.556. The third kappa shape index (κ3) is 4.10. The third-order valence-corrected chi connectivity index (χ3v) is 4.93. The molecule has 136 valence electrons. The summed E-state index contributed by atoms with van der Waals surface area (Å²) >= 11 is 0. The summed E-state index contributed by atoms with van der Waals surface area (Å²) in [5.41, 5.74) is 0.238. The van der Waals surface area contributed by atoms with Crippen LogP contribution in [0.1, 0.15) is 38.5 Å². The number of hydrogen-bond acceptors (Lipinski definition) is 3. The maximum Gasteiger partial charge on any atom is 0.315 e. The van der Waals surface area contributed by atoms with Gasteiger partial charge in [0, 0.05) is 6.54 Å². The van der Waals surface area contributed by atoms with Crippen molar-refractivity contribution in [1.82, 2.24) is 10.6 Å². The Kier molecular flexibility index (Phi) is 5.53. The smallest absolute Gasteiger partial charge is 0.315 e. The van der Waals surface area contributed by atoms with Gasteiger partial charge in [-0.15, -0.1) is 0 Å². The van der Waals surface area contributed by atoms with Crippen LogP contribution >= 0.6 is 0 Å². The molecule has 3 atom stereocenters. The van der Waals surface area contributed by atoms with E-state index < -0.39 is 24.0 Å². The highest BCUT2D eigenvalue weighted by Crippen LogP contribution is 2.24. The number of nitrogens with one attached hydrogen (secondary N) is 2. The molecule has 2 fully saturated rings. The Labute approximate surface area is 146 Å². The van der Waals surface area contributed by atoms with Crippen LogP contribution in [0.4, 0.5) is 14.9 Å². The normalized spacial score (nSPS) is 27.0. The quantitative estimate of drug-likeness (QED) is 0.780. The zero-order valence-electron chi connectivity index (χ0n) is 14.1. The first-order valence-corrected chi connectivity index (χ1v) is 8.87. The lowest BCUT2D eigenvalue weighted by molar-refractivity contribution is -0.121. The number of rotatable bonds is 3. The fourth-order valence-corrected chi connectivity index (χ4v) is 3.57. The second-order valence-electron chi connectivity index (χ2n) is 6.71. The van der Waals surface area contributed by atoms with Gasteiger partial charge < -0.3 is 20.6 Å². The summed E-state index contributed by atoms with van der Waals surface area (Å²) in [6.07, 6.45) is 3.98. The molecule has 3 rings (SSSR count). The maximum atomic E-state index is 14.0. The molecular weight excluding hydrogens is 325 g/mol. The Morgan fingerprint density at radius 2 is 1.88 bits per heavy atom. The van der Waals surface area contributed by atoms with Crippen molar-refractivity contribution >= 4 is 17.6 Å². The summed E-state index contributed by atoms with van der Waals surface area (Å²) in [6.45, 7) is 0.431. The van der Waals surface area contributed by atoms with Crippen LogP contribution in [0.15, 0.2) is 24.3 Å². The van der Waals surface area contributed by atoms with Crippen molar-refractivity contribution in [2.24, 2.45) is 0 Å². The van der Waals surface area contributed by atoms with E-state index in [1.165, 1.54) is 11.0 Å². The van der Waals surface area contributed by atoms with Crippen LogP contribution in [0.5, 0.6) is 0 Å². The van der Waals surface area contributed by atoms with Gasteiger partial charge in [0.2, 0.25) is 5.91 Å². The van der Waals surface area contributed by atoms with E-state index in [2.05, 4.69) is 10.6 Å². The number of piperidine rings is 1. The molecule has 1 aliphatic carbocycles. The van der Waals surface area contributed by atoms with Crippen LogP contribution in [0.25, 0.3) is 0 Å². The fourth-order valence-electron chi connectivity index (χ4n) is 3.57. The van der Waals surface area contributed by atoms with Crippen molar-refractivity contribution in [3.8, 4) is 0 Å². The van der Waals surface area contributed by atoms with E-state index in [0.29, 0.717) is 25.8 Å². The van der Waals surface area contributed by atoms with E-state index >= 15 is 0 Å². The molecule has 0 aromatic heterocycles. The van der Waals surface area contributed by atoms with Crippen LogP contribution in [0.2, 0.25) is 0 Å². The number of para-hydroxylation sites is 1. The summed E-state index contributed by atoms with van der Waals surface area (Å²) in [6, 6.07) is 4.71. The van der Waals surface area contributed by atoms with Gasteiger partial charge in [-0.25, -0.2) is 9.18 Å². The molecule has 0 radical (unpaired) electrons. The molecule has 6 nitrogen and oxygen atoms in total. The largest absolute Gasteiger partial charge is 0.391 e. The second-order valence-corrected chi connectivity index (χ2v) is 6.71. The minimum absolute atomic E-state index is 0.238. The third-order valence-electron chi connectivity index (χ3n) is 4.93. The molecule has 1 aromatic rings. The van der Waals surface area contributed by atoms with E-state index in [4.69, 9.17) is 0 Å². The number of hydrogen-bond donors (Lipinski definition) is 3. The molecule has 1 aromatic carbocycles. The van der Waals surface area contributed by atoms with Gasteiger partial charge in [-0.2, -0.15) is 0 Å². The Balaban J connectivity index is 1.61. The van der Waals surface area contributed by atoms with E-state index in [-0.39, 0.29) is 17.6 Å². The summed E-state index contributed by atoms with van der Waals surface area (Å²) in [7, 11) is 0. The topological polar surface area (TPSA) is 81.7 Å². The summed E-state index contributed by atoms with van der Waals surface area (Å²) < 4.78 is 14.0. The van der Waals surface area contributed by atoms with Crippen LogP contribution in [0, 0.1) is 5.82 Å². The summed E-state index contributed by atoms with van der Waals surface area (Å²) in [4.78, 5) is 26.2. The lowest BCUT2D eigenvalue weighted by atomic mass is 9.93. The maximum absolute atomic E-state index is 14.0. The van der Waals surface area contributed by atoms with Gasteiger partial charge in [-0.3, -0.25) is 4.79 Å². The standard InChI is InChI=1S/C18H24FN3O3/c19-12-6-1-3-9-15(12)22-11-5-8-14(17(22)24)21-18(25)20-13-7-2-4-10-16(13)23/h1,3,6,9,13-14,16,23H,2,4-5,7-8,10-11H2,(H2,20,21,25)/t13-,14?,16-/m1/s1. The number of aliphatic hydroxyl groups is 1. The van der Waals surface area contributed by atoms with Crippen molar-refractivity contribution in [2.45, 2.75) is 56.7 Å². The first kappa shape index (κ1) is 17.7. The molecule has 1 saturated heterocycles. The van der Waals surface area contributed by atoms with Gasteiger partial charge in [-0.05, 0) is 37.8 Å². The number of nitrogens with zero attached hydrogens (tertiary/aromatic N) is 1. The van der Waals surface area contributed by atoms with Gasteiger partial charge in [-0.1, -0.05) is 25.0 Å². The molecule has 0 bridgehead atoms. The van der Waals surface area contributed by atoms with Crippen LogP contribution in [0.3, 0.4) is 0 Å². The minimum atomic E-state index is -0.686. The number of halogens is 1. The summed E-state index contributed by atoms with van der Waals surface area (Å²) in [5.74, 6) is -0.762. The predicted molar refractivity (Wildman–Crippen MR) is 91.7 cm³/mol. The van der Waals surface area contributed by atoms with Crippen LogP contribution in [-0.2, 0) is 4.79 Å². The second kappa shape index (κ2) is 7.82. The molecule has 1 saturated carbocycles. The average Bonchev–Trinajstić information content (AvgIpc) is 2.60. The number of anilines is 1. The van der Waals surface area contributed by atoms with Crippen molar-refractivity contribution < 1.29 is 19.1 Å². The zero-order chi connectivity index (χ0) is 17.8. The Bertz CT molecular complexity index is 640. The minimum Gasteiger partial charge on any atom is -0.391 e. The Hall–Kier alpha value is -2.15. The molecule has 0 spiro atoms. The highest BCUT2D eigenvalue weighted by Gasteiger charge is 2.33. The predicted octanol–water partition coefficient (Wildman–Crippen LogP) is 1.92. The number of aliphatic hydroxyl groups excluding tert-OH is 1. The van der Waals surface area contributed by atoms with E-state index in [1.807, 2.05) is 0 Å². The molecule has 2 aliphatic rings. The van der Waals surface area contributed by atoms with Gasteiger partial charge >= 0.3 is 6.03 Å². The molecule has 1 heterocycles. The van der Waals surface area contributed by atoms with Crippen LogP contribution < -0.4 is 15.5 Å². The number of urea groups is 1. The summed E-state index contributed by atoms with van der Waals surface area (Å²) in [5, 5.41) is 15.4. The SMILES string of the molecule is O=C(NC1CCCN(c2ccccc2F)C1=O)N[C@@H]1CCCC[C@H]1O. The lowest BCUT2D eigenvalue weighted by Crippen LogP contribution is -2.57. The van der Waals surface area contributed by atoms with Crippen LogP contribution in [-0.4, -0.2) is 41.8 Å². The van der Waals surface area contributed by atoms with Crippen molar-refractivity contribution in [1.29, 1.82) is 0 Å². The molecule has 1 aliphatic heterocycles. The van der Waals surface area contributed by atoms with E-state index in [0.717, 1.165) is 19.3 Å². The van der Waals surface area contributed by atoms with Crippen molar-refractivity contribution in [2.75, 3.05) is 11.4 Å². The lowest BCUT2D eigenvalue weighted by Gasteiger charge is -2.34. The number of carbonyl (C=O) groups excluding carboxylic acids is 2. The van der Waals surface area contributed by atoms with Crippen molar-refractivity contribution in [3.05, 3.63) is 30.1 Å². The Morgan fingerprint density at radius 3 is 2.64 bits per heavy atom. The molecule has 25 heavy (non-hydrogen) atoms. The number of benzene rings is 1. The number of amides is 3. The first-order valence-electron chi connectivity index (χ1n) is 8.87. The molecule has 3 N–H and O–H groups in total. The van der Waals surface area contributed by atoms with Crippen molar-refractivity contribution in [3.63, 3.8) is 0 Å². The monoisotopic (exact) mass is 349 g/mol. The molecule has 3 amide bonds. The van der Waals surface area contributed by atoms with Gasteiger partial charge in [0.1, 0.15) is 11.9 Å². The van der Waals surface area contributed by atoms with Gasteiger partial charge in [0.05, 0.1) is 17.8 Å². The molecule has 7 heteroatoms. The first-order chi connectivity index (χ1) is 12.1. The van der Waals surface area contributed by atoms with Gasteiger partial charge in [0.25, 0.3) is 0 Å². The highest BCUT2D eigenvalue weighted by atomic mass is 19.1. The average molecular weight is 349 g/mol. The molecule has 1 unspecified atom stereocenters. The zero-order valence-corrected chi connectivity index (χ0v) is 14.1. The van der Waals surface area contributed by atoms with E-state index in [9.17, 15) is 19.1 Å². The number of carbonyl (C=O) groups is 2. The Morgan fingerprint density at radius 1 is 1.12 bits per heavy atom. The highest BCUT2D eigenvalue weighted by molar-refractivity contribution is 5.99. The molecular formula is C18H24FN3O3. The van der Waals surface area contributed by atoms with E-state index in [1.54, 1.807) is 18.2 Å². The van der Waals surface area contributed by atoms with Gasteiger partial charge in [0.15, 0.2) is 0 Å².